The Bertz CT molecular complexity index is 784. The molecule has 2 aliphatic carbocycles. The Morgan fingerprint density at radius 2 is 1.79 bits per heavy atom. The van der Waals surface area contributed by atoms with E-state index < -0.39 is 0 Å². The molecular formula is C21H28N4O3. The number of carbonyl (C=O) groups excluding carboxylic acids is 2. The molecule has 0 aliphatic heterocycles. The van der Waals surface area contributed by atoms with Crippen molar-refractivity contribution in [3.8, 4) is 0 Å². The van der Waals surface area contributed by atoms with E-state index in [0.717, 1.165) is 38.5 Å². The minimum absolute atomic E-state index is 0.0815. The first-order valence-corrected chi connectivity index (χ1v) is 10.3. The van der Waals surface area contributed by atoms with Gasteiger partial charge in [-0.15, -0.1) is 0 Å². The Kier molecular flexibility index (Phi) is 5.78. The zero-order valence-corrected chi connectivity index (χ0v) is 16.1. The molecule has 7 nitrogen and oxygen atoms in total. The van der Waals surface area contributed by atoms with E-state index >= 15 is 0 Å². The van der Waals surface area contributed by atoms with Gasteiger partial charge in [-0.1, -0.05) is 12.8 Å². The average molecular weight is 384 g/mol. The molecule has 0 bridgehead atoms. The van der Waals surface area contributed by atoms with Crippen molar-refractivity contribution in [2.75, 3.05) is 0 Å². The molecule has 4 rings (SSSR count). The zero-order valence-electron chi connectivity index (χ0n) is 16.1. The maximum atomic E-state index is 12.5. The number of aromatic nitrogens is 2. The third-order valence-electron chi connectivity index (χ3n) is 5.90. The summed E-state index contributed by atoms with van der Waals surface area (Å²) in [4.78, 5) is 24.9. The highest BCUT2D eigenvalue weighted by Gasteiger charge is 2.29. The smallest absolute Gasteiger partial charge is 0.287 e. The van der Waals surface area contributed by atoms with Gasteiger partial charge in [-0.2, -0.15) is 5.10 Å². The molecule has 2 saturated carbocycles. The number of nitrogens with one attached hydrogen (secondary N) is 2. The van der Waals surface area contributed by atoms with E-state index in [1.54, 1.807) is 23.0 Å². The number of amides is 2. The molecule has 2 N–H and O–H groups in total. The summed E-state index contributed by atoms with van der Waals surface area (Å²) >= 11 is 0. The molecule has 28 heavy (non-hydrogen) atoms. The van der Waals surface area contributed by atoms with E-state index in [0.29, 0.717) is 24.1 Å². The van der Waals surface area contributed by atoms with Gasteiger partial charge in [0.1, 0.15) is 5.76 Å². The zero-order chi connectivity index (χ0) is 19.3. The van der Waals surface area contributed by atoms with Gasteiger partial charge < -0.3 is 15.1 Å². The fraction of sp³-hybridized carbons (Fsp3) is 0.571. The molecule has 7 heteroatoms. The Balaban J connectivity index is 1.22. The van der Waals surface area contributed by atoms with Crippen LogP contribution in [-0.4, -0.2) is 33.7 Å². The SMILES string of the molecule is O=C(NC1CCC(C(=O)NC2CCCC2)CC1)c1ccc(Cn2cccn2)o1. The van der Waals surface area contributed by atoms with Crippen molar-refractivity contribution in [1.29, 1.82) is 0 Å². The van der Waals surface area contributed by atoms with Crippen LogP contribution in [-0.2, 0) is 11.3 Å². The standard InChI is InChI=1S/C21H28N4O3/c26-20(23-16-4-1-2-5-16)15-6-8-17(9-7-15)24-21(27)19-11-10-18(28-19)14-25-13-3-12-22-25/h3,10-13,15-17H,1-2,4-9,14H2,(H,23,26)(H,24,27). The molecule has 0 spiro atoms. The minimum Gasteiger partial charge on any atom is -0.454 e. The lowest BCUT2D eigenvalue weighted by molar-refractivity contribution is -0.126. The summed E-state index contributed by atoms with van der Waals surface area (Å²) in [7, 11) is 0. The van der Waals surface area contributed by atoms with E-state index in [-0.39, 0.29) is 23.8 Å². The van der Waals surface area contributed by atoms with Crippen LogP contribution in [0.2, 0.25) is 0 Å². The first-order valence-electron chi connectivity index (χ1n) is 10.3. The van der Waals surface area contributed by atoms with E-state index in [1.165, 1.54) is 12.8 Å². The summed E-state index contributed by atoms with van der Waals surface area (Å²) in [5, 5.41) is 10.4. The second kappa shape index (κ2) is 8.63. The van der Waals surface area contributed by atoms with Crippen LogP contribution in [0.25, 0.3) is 0 Å². The molecule has 0 aromatic carbocycles. The summed E-state index contributed by atoms with van der Waals surface area (Å²) in [6.45, 7) is 0.501. The molecular weight excluding hydrogens is 356 g/mol. The Labute approximate surface area is 164 Å². The van der Waals surface area contributed by atoms with Gasteiger partial charge in [-0.05, 0) is 56.7 Å². The Hall–Kier alpha value is -2.57. The summed E-state index contributed by atoms with van der Waals surface area (Å²) in [5.74, 6) is 1.11. The van der Waals surface area contributed by atoms with Crippen LogP contribution in [0, 0.1) is 5.92 Å². The van der Waals surface area contributed by atoms with Crippen LogP contribution >= 0.6 is 0 Å². The van der Waals surface area contributed by atoms with Crippen LogP contribution in [0.5, 0.6) is 0 Å². The predicted octanol–water partition coefficient (Wildman–Crippen LogP) is 2.87. The number of hydrogen-bond donors (Lipinski definition) is 2. The third-order valence-corrected chi connectivity index (χ3v) is 5.90. The summed E-state index contributed by atoms with van der Waals surface area (Å²) in [6.07, 6.45) is 11.5. The van der Waals surface area contributed by atoms with Gasteiger partial charge in [0.05, 0.1) is 6.54 Å². The van der Waals surface area contributed by atoms with Crippen molar-refractivity contribution < 1.29 is 14.0 Å². The highest BCUT2D eigenvalue weighted by molar-refractivity contribution is 5.91. The fourth-order valence-corrected chi connectivity index (χ4v) is 4.28. The molecule has 0 radical (unpaired) electrons. The van der Waals surface area contributed by atoms with Crippen molar-refractivity contribution in [1.82, 2.24) is 20.4 Å². The van der Waals surface area contributed by atoms with Crippen molar-refractivity contribution in [3.63, 3.8) is 0 Å². The summed E-state index contributed by atoms with van der Waals surface area (Å²) < 4.78 is 7.41. The van der Waals surface area contributed by atoms with Gasteiger partial charge in [-0.3, -0.25) is 14.3 Å². The highest BCUT2D eigenvalue weighted by Crippen LogP contribution is 2.26. The van der Waals surface area contributed by atoms with Crippen molar-refractivity contribution >= 4 is 11.8 Å². The monoisotopic (exact) mass is 384 g/mol. The maximum Gasteiger partial charge on any atom is 0.287 e. The normalized spacial score (nSPS) is 22.9. The van der Waals surface area contributed by atoms with Crippen molar-refractivity contribution in [2.45, 2.75) is 70.0 Å². The summed E-state index contributed by atoms with van der Waals surface area (Å²) in [5.41, 5.74) is 0. The lowest BCUT2D eigenvalue weighted by Crippen LogP contribution is -2.42. The van der Waals surface area contributed by atoms with E-state index in [2.05, 4.69) is 15.7 Å². The summed E-state index contributed by atoms with van der Waals surface area (Å²) in [6, 6.07) is 5.83. The maximum absolute atomic E-state index is 12.5. The lowest BCUT2D eigenvalue weighted by atomic mass is 9.85. The molecule has 0 atom stereocenters. The average Bonchev–Trinajstić information content (AvgIpc) is 3.45. The first kappa shape index (κ1) is 18.8. The minimum atomic E-state index is -0.189. The van der Waals surface area contributed by atoms with Crippen molar-refractivity contribution in [2.24, 2.45) is 5.92 Å². The predicted molar refractivity (Wildman–Crippen MR) is 104 cm³/mol. The van der Waals surface area contributed by atoms with Crippen LogP contribution in [0.3, 0.4) is 0 Å². The van der Waals surface area contributed by atoms with Crippen molar-refractivity contribution in [3.05, 3.63) is 42.1 Å². The van der Waals surface area contributed by atoms with Gasteiger partial charge in [0, 0.05) is 30.4 Å². The lowest BCUT2D eigenvalue weighted by Gasteiger charge is -2.29. The number of furan rings is 1. The van der Waals surface area contributed by atoms with Gasteiger partial charge in [0.2, 0.25) is 5.91 Å². The second-order valence-electron chi connectivity index (χ2n) is 7.98. The van der Waals surface area contributed by atoms with Gasteiger partial charge in [-0.25, -0.2) is 0 Å². The molecule has 150 valence electrons. The molecule has 2 aliphatic rings. The Morgan fingerprint density at radius 3 is 2.50 bits per heavy atom. The number of carbonyl (C=O) groups is 2. The van der Waals surface area contributed by atoms with Crippen LogP contribution in [0.4, 0.5) is 0 Å². The first-order chi connectivity index (χ1) is 13.7. The molecule has 2 aromatic rings. The van der Waals surface area contributed by atoms with Gasteiger partial charge in [0.25, 0.3) is 5.91 Å². The van der Waals surface area contributed by atoms with Crippen LogP contribution in [0.1, 0.15) is 67.7 Å². The topological polar surface area (TPSA) is 89.2 Å². The molecule has 2 amide bonds. The largest absolute Gasteiger partial charge is 0.454 e. The number of rotatable bonds is 6. The third kappa shape index (κ3) is 4.64. The number of hydrogen-bond acceptors (Lipinski definition) is 4. The number of nitrogens with zero attached hydrogens (tertiary/aromatic N) is 2. The van der Waals surface area contributed by atoms with E-state index in [1.807, 2.05) is 12.3 Å². The van der Waals surface area contributed by atoms with Gasteiger partial charge in [0.15, 0.2) is 5.76 Å². The molecule has 2 fully saturated rings. The van der Waals surface area contributed by atoms with Crippen LogP contribution in [0.15, 0.2) is 35.0 Å². The van der Waals surface area contributed by atoms with E-state index in [4.69, 9.17) is 4.42 Å². The molecule has 2 heterocycles. The quantitative estimate of drug-likeness (QED) is 0.801. The highest BCUT2D eigenvalue weighted by atomic mass is 16.4. The molecule has 2 aromatic heterocycles. The van der Waals surface area contributed by atoms with Crippen LogP contribution < -0.4 is 10.6 Å². The second-order valence-corrected chi connectivity index (χ2v) is 7.98. The van der Waals surface area contributed by atoms with Gasteiger partial charge >= 0.3 is 0 Å². The molecule has 0 unspecified atom stereocenters. The fourth-order valence-electron chi connectivity index (χ4n) is 4.28. The molecule has 0 saturated heterocycles. The Morgan fingerprint density at radius 1 is 1.04 bits per heavy atom. The van der Waals surface area contributed by atoms with E-state index in [9.17, 15) is 9.59 Å².